The van der Waals surface area contributed by atoms with Crippen LogP contribution in [0.5, 0.6) is 0 Å². The lowest BCUT2D eigenvalue weighted by Gasteiger charge is -2.21. The van der Waals surface area contributed by atoms with Crippen LogP contribution in [0.15, 0.2) is 53.0 Å². The van der Waals surface area contributed by atoms with E-state index in [9.17, 15) is 5.11 Å². The third kappa shape index (κ3) is 4.68. The highest BCUT2D eigenvalue weighted by Crippen LogP contribution is 2.18. The molecule has 0 aliphatic carbocycles. The number of rotatable bonds is 5. The van der Waals surface area contributed by atoms with Crippen molar-refractivity contribution in [2.45, 2.75) is 12.6 Å². The van der Waals surface area contributed by atoms with Gasteiger partial charge in [-0.3, -0.25) is 4.90 Å². The number of benzene rings is 2. The molecule has 0 saturated carbocycles. The molecule has 0 spiro atoms. The predicted molar refractivity (Wildman–Crippen MR) is 86.6 cm³/mol. The van der Waals surface area contributed by atoms with Crippen LogP contribution in [0.25, 0.3) is 0 Å². The predicted octanol–water partition coefficient (Wildman–Crippen LogP) is 3.49. The molecule has 0 aliphatic rings. The number of hydrogen-bond donors (Lipinski definition) is 1. The van der Waals surface area contributed by atoms with E-state index in [0.717, 1.165) is 22.1 Å². The van der Waals surface area contributed by atoms with Crippen molar-refractivity contribution in [1.82, 2.24) is 4.90 Å². The Labute approximate surface area is 133 Å². The molecule has 0 aromatic heterocycles. The lowest BCUT2D eigenvalue weighted by atomic mass is 10.1. The Balaban J connectivity index is 1.92. The van der Waals surface area contributed by atoms with Crippen LogP contribution in [0, 0.1) is 11.3 Å². The first kappa shape index (κ1) is 15.7. The molecule has 1 N–H and O–H groups in total. The van der Waals surface area contributed by atoms with Gasteiger partial charge in [0.15, 0.2) is 0 Å². The standard InChI is InChI=1S/C17H17BrN2O/c1-20(11-14-4-2-13(10-19)3-5-14)12-17(21)15-6-8-16(18)9-7-15/h2-9,17,21H,11-12H2,1H3. The van der Waals surface area contributed by atoms with Gasteiger partial charge >= 0.3 is 0 Å². The van der Waals surface area contributed by atoms with Crippen molar-refractivity contribution in [3.63, 3.8) is 0 Å². The summed E-state index contributed by atoms with van der Waals surface area (Å²) in [5.74, 6) is 0. The molecule has 2 aromatic rings. The van der Waals surface area contributed by atoms with Crippen LogP contribution >= 0.6 is 15.9 Å². The molecular formula is C17H17BrN2O. The number of nitrogens with zero attached hydrogens (tertiary/aromatic N) is 2. The Kier molecular flexibility index (Phi) is 5.51. The Bertz CT molecular complexity index is 617. The van der Waals surface area contributed by atoms with Gasteiger partial charge in [0.25, 0.3) is 0 Å². The van der Waals surface area contributed by atoms with Crippen LogP contribution in [-0.2, 0) is 6.54 Å². The zero-order chi connectivity index (χ0) is 15.2. The van der Waals surface area contributed by atoms with E-state index in [-0.39, 0.29) is 0 Å². The zero-order valence-corrected chi connectivity index (χ0v) is 13.4. The lowest BCUT2D eigenvalue weighted by molar-refractivity contribution is 0.124. The lowest BCUT2D eigenvalue weighted by Crippen LogP contribution is -2.24. The number of hydrogen-bond acceptors (Lipinski definition) is 3. The second-order valence-electron chi connectivity index (χ2n) is 5.07. The normalized spacial score (nSPS) is 12.1. The summed E-state index contributed by atoms with van der Waals surface area (Å²) in [6.07, 6.45) is -0.513. The monoisotopic (exact) mass is 344 g/mol. The average Bonchev–Trinajstić information content (AvgIpc) is 2.48. The molecule has 0 amide bonds. The summed E-state index contributed by atoms with van der Waals surface area (Å²) in [7, 11) is 1.97. The Hall–Kier alpha value is -1.67. The SMILES string of the molecule is CN(Cc1ccc(C#N)cc1)CC(O)c1ccc(Br)cc1. The van der Waals surface area contributed by atoms with Crippen molar-refractivity contribution >= 4 is 15.9 Å². The first-order chi connectivity index (χ1) is 10.1. The van der Waals surface area contributed by atoms with Gasteiger partial charge < -0.3 is 5.11 Å². The quantitative estimate of drug-likeness (QED) is 0.902. The van der Waals surface area contributed by atoms with Crippen molar-refractivity contribution in [1.29, 1.82) is 5.26 Å². The minimum Gasteiger partial charge on any atom is -0.387 e. The highest BCUT2D eigenvalue weighted by atomic mass is 79.9. The van der Waals surface area contributed by atoms with Gasteiger partial charge in [-0.2, -0.15) is 5.26 Å². The smallest absolute Gasteiger partial charge is 0.0991 e. The molecule has 108 valence electrons. The summed E-state index contributed by atoms with van der Waals surface area (Å²) in [4.78, 5) is 2.06. The van der Waals surface area contributed by atoms with Crippen molar-refractivity contribution in [2.75, 3.05) is 13.6 Å². The van der Waals surface area contributed by atoms with Crippen molar-refractivity contribution in [2.24, 2.45) is 0 Å². The van der Waals surface area contributed by atoms with Crippen LogP contribution in [0.3, 0.4) is 0 Å². The summed E-state index contributed by atoms with van der Waals surface area (Å²) in [5.41, 5.74) is 2.70. The van der Waals surface area contributed by atoms with Gasteiger partial charge in [-0.15, -0.1) is 0 Å². The summed E-state index contributed by atoms with van der Waals surface area (Å²) in [6.45, 7) is 1.29. The van der Waals surface area contributed by atoms with Gasteiger partial charge in [0.05, 0.1) is 17.7 Å². The number of halogens is 1. The molecule has 0 heterocycles. The summed E-state index contributed by atoms with van der Waals surface area (Å²) < 4.78 is 1.00. The molecule has 0 saturated heterocycles. The van der Waals surface area contributed by atoms with Gasteiger partial charge in [0.2, 0.25) is 0 Å². The maximum absolute atomic E-state index is 10.2. The maximum Gasteiger partial charge on any atom is 0.0991 e. The second kappa shape index (κ2) is 7.37. The van der Waals surface area contributed by atoms with E-state index in [1.807, 2.05) is 55.6 Å². The molecule has 2 aromatic carbocycles. The summed E-state index contributed by atoms with van der Waals surface area (Å²) in [5, 5.41) is 19.0. The summed E-state index contributed by atoms with van der Waals surface area (Å²) >= 11 is 3.39. The minimum absolute atomic E-state index is 0.513. The molecule has 0 fully saturated rings. The molecule has 0 radical (unpaired) electrons. The van der Waals surface area contributed by atoms with Gasteiger partial charge in [-0.25, -0.2) is 0 Å². The van der Waals surface area contributed by atoms with E-state index >= 15 is 0 Å². The van der Waals surface area contributed by atoms with E-state index in [1.165, 1.54) is 0 Å². The van der Waals surface area contributed by atoms with Crippen molar-refractivity contribution in [3.8, 4) is 6.07 Å². The third-order valence-electron chi connectivity index (χ3n) is 3.27. The Morgan fingerprint density at radius 2 is 1.76 bits per heavy atom. The van der Waals surface area contributed by atoms with Crippen LogP contribution in [-0.4, -0.2) is 23.6 Å². The zero-order valence-electron chi connectivity index (χ0n) is 11.8. The van der Waals surface area contributed by atoms with E-state index in [0.29, 0.717) is 12.1 Å². The molecule has 1 unspecified atom stereocenters. The fraction of sp³-hybridized carbons (Fsp3) is 0.235. The van der Waals surface area contributed by atoms with Crippen molar-refractivity contribution in [3.05, 3.63) is 69.7 Å². The number of likely N-dealkylation sites (N-methyl/N-ethyl adjacent to an activating group) is 1. The van der Waals surface area contributed by atoms with Gasteiger partial charge in [0, 0.05) is 17.6 Å². The number of nitriles is 1. The fourth-order valence-electron chi connectivity index (χ4n) is 2.15. The molecule has 2 rings (SSSR count). The van der Waals surface area contributed by atoms with E-state index in [2.05, 4.69) is 26.9 Å². The molecule has 4 heteroatoms. The summed E-state index contributed by atoms with van der Waals surface area (Å²) in [6, 6.07) is 17.3. The fourth-order valence-corrected chi connectivity index (χ4v) is 2.41. The largest absolute Gasteiger partial charge is 0.387 e. The van der Waals surface area contributed by atoms with Crippen LogP contribution < -0.4 is 0 Å². The number of aliphatic hydroxyl groups is 1. The highest BCUT2D eigenvalue weighted by molar-refractivity contribution is 9.10. The first-order valence-electron chi connectivity index (χ1n) is 6.69. The Morgan fingerprint density at radius 3 is 2.33 bits per heavy atom. The van der Waals surface area contributed by atoms with Gasteiger partial charge in [0.1, 0.15) is 0 Å². The molecule has 21 heavy (non-hydrogen) atoms. The minimum atomic E-state index is -0.513. The van der Waals surface area contributed by atoms with Crippen LogP contribution in [0.1, 0.15) is 22.8 Å². The molecule has 0 bridgehead atoms. The highest BCUT2D eigenvalue weighted by Gasteiger charge is 2.11. The second-order valence-corrected chi connectivity index (χ2v) is 5.99. The maximum atomic E-state index is 10.2. The van der Waals surface area contributed by atoms with E-state index in [4.69, 9.17) is 5.26 Å². The Morgan fingerprint density at radius 1 is 1.14 bits per heavy atom. The molecule has 1 atom stereocenters. The molecular weight excluding hydrogens is 328 g/mol. The first-order valence-corrected chi connectivity index (χ1v) is 7.49. The average molecular weight is 345 g/mol. The van der Waals surface area contributed by atoms with Crippen LogP contribution in [0.4, 0.5) is 0 Å². The van der Waals surface area contributed by atoms with E-state index in [1.54, 1.807) is 0 Å². The molecule has 3 nitrogen and oxygen atoms in total. The number of aliphatic hydroxyl groups excluding tert-OH is 1. The third-order valence-corrected chi connectivity index (χ3v) is 3.80. The topological polar surface area (TPSA) is 47.3 Å². The molecule has 0 aliphatic heterocycles. The van der Waals surface area contributed by atoms with Crippen molar-refractivity contribution < 1.29 is 5.11 Å². The van der Waals surface area contributed by atoms with Crippen LogP contribution in [0.2, 0.25) is 0 Å². The van der Waals surface area contributed by atoms with E-state index < -0.39 is 6.10 Å². The van der Waals surface area contributed by atoms with Gasteiger partial charge in [-0.05, 0) is 42.4 Å². The van der Waals surface area contributed by atoms with Gasteiger partial charge in [-0.1, -0.05) is 40.2 Å².